The van der Waals surface area contributed by atoms with Crippen molar-refractivity contribution in [1.82, 2.24) is 10.6 Å². The van der Waals surface area contributed by atoms with Crippen molar-refractivity contribution in [2.24, 2.45) is 0 Å². The molecule has 0 aromatic heterocycles. The zero-order valence-electron chi connectivity index (χ0n) is 9.82. The zero-order valence-corrected chi connectivity index (χ0v) is 10.6. The lowest BCUT2D eigenvalue weighted by atomic mass is 10.2. The highest BCUT2D eigenvalue weighted by Crippen LogP contribution is 2.19. The summed E-state index contributed by atoms with van der Waals surface area (Å²) in [4.78, 5) is 11.4. The topological polar surface area (TPSA) is 75.3 Å². The molecule has 1 amide bonds. The van der Waals surface area contributed by atoms with Gasteiger partial charge in [-0.2, -0.15) is 0 Å². The van der Waals surface area contributed by atoms with E-state index in [0.29, 0.717) is 19.5 Å². The summed E-state index contributed by atoms with van der Waals surface area (Å²) in [5, 5.41) is 5.35. The van der Waals surface area contributed by atoms with E-state index in [9.17, 15) is 13.2 Å². The van der Waals surface area contributed by atoms with Crippen LogP contribution in [0.4, 0.5) is 0 Å². The molecule has 16 heavy (non-hydrogen) atoms. The Morgan fingerprint density at radius 3 is 2.69 bits per heavy atom. The van der Waals surface area contributed by atoms with Crippen molar-refractivity contribution >= 4 is 15.7 Å². The van der Waals surface area contributed by atoms with E-state index in [1.807, 2.05) is 6.92 Å². The first-order valence-electron chi connectivity index (χ1n) is 5.70. The van der Waals surface area contributed by atoms with Gasteiger partial charge in [-0.15, -0.1) is 0 Å². The van der Waals surface area contributed by atoms with Gasteiger partial charge in [-0.25, -0.2) is 8.42 Å². The molecule has 1 saturated heterocycles. The fourth-order valence-corrected chi connectivity index (χ4v) is 3.59. The van der Waals surface area contributed by atoms with Gasteiger partial charge in [0.15, 0.2) is 9.84 Å². The van der Waals surface area contributed by atoms with E-state index >= 15 is 0 Å². The van der Waals surface area contributed by atoms with Crippen LogP contribution < -0.4 is 10.6 Å². The lowest BCUT2D eigenvalue weighted by molar-refractivity contribution is -0.122. The van der Waals surface area contributed by atoms with Gasteiger partial charge in [-0.05, 0) is 26.7 Å². The Hall–Kier alpha value is -0.620. The molecule has 0 aliphatic carbocycles. The highest BCUT2D eigenvalue weighted by molar-refractivity contribution is 7.92. The molecule has 2 N–H and O–H groups in total. The van der Waals surface area contributed by atoms with Gasteiger partial charge in [0.05, 0.1) is 17.0 Å². The van der Waals surface area contributed by atoms with Gasteiger partial charge < -0.3 is 10.6 Å². The number of sulfone groups is 1. The van der Waals surface area contributed by atoms with E-state index < -0.39 is 9.84 Å². The van der Waals surface area contributed by atoms with Crippen LogP contribution in [0, 0.1) is 0 Å². The van der Waals surface area contributed by atoms with Crippen molar-refractivity contribution in [3.8, 4) is 0 Å². The Labute approximate surface area is 96.9 Å². The summed E-state index contributed by atoms with van der Waals surface area (Å²) in [5.41, 5.74) is 0. The summed E-state index contributed by atoms with van der Waals surface area (Å²) in [6, 6.07) is -0.337. The van der Waals surface area contributed by atoms with E-state index in [1.165, 1.54) is 0 Å². The van der Waals surface area contributed by atoms with Crippen LogP contribution >= 0.6 is 0 Å². The van der Waals surface area contributed by atoms with Crippen molar-refractivity contribution in [2.45, 2.75) is 38.0 Å². The van der Waals surface area contributed by atoms with Crippen molar-refractivity contribution in [2.75, 3.05) is 18.8 Å². The van der Waals surface area contributed by atoms with E-state index in [-0.39, 0.29) is 23.0 Å². The summed E-state index contributed by atoms with van der Waals surface area (Å²) in [6.07, 6.45) is 1.45. The Kier molecular flexibility index (Phi) is 4.73. The van der Waals surface area contributed by atoms with Crippen LogP contribution in [0.2, 0.25) is 0 Å². The maximum atomic E-state index is 11.5. The van der Waals surface area contributed by atoms with Gasteiger partial charge in [0, 0.05) is 13.1 Å². The molecule has 94 valence electrons. The molecule has 2 unspecified atom stereocenters. The molecular weight excluding hydrogens is 228 g/mol. The van der Waals surface area contributed by atoms with E-state index in [1.54, 1.807) is 6.92 Å². The Morgan fingerprint density at radius 2 is 2.19 bits per heavy atom. The number of hydrogen-bond acceptors (Lipinski definition) is 4. The third kappa shape index (κ3) is 3.45. The number of hydrogen-bond donors (Lipinski definition) is 2. The Morgan fingerprint density at radius 1 is 1.50 bits per heavy atom. The third-order valence-corrected chi connectivity index (χ3v) is 5.13. The van der Waals surface area contributed by atoms with Gasteiger partial charge in [-0.3, -0.25) is 4.79 Å². The molecule has 0 bridgehead atoms. The van der Waals surface area contributed by atoms with E-state index in [2.05, 4.69) is 10.6 Å². The second-order valence-corrected chi connectivity index (χ2v) is 6.56. The molecule has 0 aromatic rings. The predicted octanol–water partition coefficient (Wildman–Crippen LogP) is -0.322. The minimum absolute atomic E-state index is 0.0853. The predicted molar refractivity (Wildman–Crippen MR) is 63.0 cm³/mol. The average molecular weight is 248 g/mol. The number of carbonyl (C=O) groups is 1. The monoisotopic (exact) mass is 248 g/mol. The first-order chi connectivity index (χ1) is 7.47. The first kappa shape index (κ1) is 13.4. The van der Waals surface area contributed by atoms with Crippen LogP contribution in [0.3, 0.4) is 0 Å². The number of likely N-dealkylation sites (N-methyl/N-ethyl adjacent to an activating group) is 1. The Balaban J connectivity index is 2.37. The maximum absolute atomic E-state index is 11.5. The van der Waals surface area contributed by atoms with Crippen molar-refractivity contribution in [3.63, 3.8) is 0 Å². The molecule has 1 heterocycles. The Bertz CT molecular complexity index is 340. The van der Waals surface area contributed by atoms with E-state index in [4.69, 9.17) is 0 Å². The summed E-state index contributed by atoms with van der Waals surface area (Å²) in [6.45, 7) is 4.56. The normalized spacial score (nSPS) is 25.2. The molecule has 5 nitrogen and oxygen atoms in total. The highest BCUT2D eigenvalue weighted by Gasteiger charge is 2.31. The standard InChI is InChI=1S/C10H20N2O3S/c1-3-11-10(13)8(2)12-7-9-5-4-6-16(9,14)15/h8-9,12H,3-7H2,1-2H3,(H,11,13). The number of amides is 1. The fourth-order valence-electron chi connectivity index (χ4n) is 1.82. The summed E-state index contributed by atoms with van der Waals surface area (Å²) >= 11 is 0. The maximum Gasteiger partial charge on any atom is 0.236 e. The second-order valence-electron chi connectivity index (χ2n) is 4.16. The molecule has 0 aromatic carbocycles. The summed E-state index contributed by atoms with van der Waals surface area (Å²) in [7, 11) is -2.91. The molecule has 1 aliphatic rings. The molecule has 1 aliphatic heterocycles. The van der Waals surface area contributed by atoms with Crippen molar-refractivity contribution in [1.29, 1.82) is 0 Å². The number of carbonyl (C=O) groups excluding carboxylic acids is 1. The highest BCUT2D eigenvalue weighted by atomic mass is 32.2. The fraction of sp³-hybridized carbons (Fsp3) is 0.900. The number of nitrogens with one attached hydrogen (secondary N) is 2. The van der Waals surface area contributed by atoms with E-state index in [0.717, 1.165) is 6.42 Å². The number of rotatable bonds is 5. The van der Waals surface area contributed by atoms with Crippen LogP contribution in [-0.4, -0.2) is 44.5 Å². The van der Waals surface area contributed by atoms with Crippen LogP contribution in [0.1, 0.15) is 26.7 Å². The smallest absolute Gasteiger partial charge is 0.236 e. The van der Waals surface area contributed by atoms with Gasteiger partial charge >= 0.3 is 0 Å². The lowest BCUT2D eigenvalue weighted by Gasteiger charge is -2.16. The molecule has 6 heteroatoms. The molecule has 0 spiro atoms. The minimum atomic E-state index is -2.91. The van der Waals surface area contributed by atoms with Gasteiger partial charge in [0.25, 0.3) is 0 Å². The SMILES string of the molecule is CCNC(=O)C(C)NCC1CCCS1(=O)=O. The van der Waals surface area contributed by atoms with Crippen LogP contribution in [-0.2, 0) is 14.6 Å². The molecule has 0 saturated carbocycles. The van der Waals surface area contributed by atoms with Crippen LogP contribution in [0.5, 0.6) is 0 Å². The largest absolute Gasteiger partial charge is 0.355 e. The molecule has 0 radical (unpaired) electrons. The van der Waals surface area contributed by atoms with Gasteiger partial charge in [-0.1, -0.05) is 0 Å². The second kappa shape index (κ2) is 5.63. The average Bonchev–Trinajstić information content (AvgIpc) is 2.54. The van der Waals surface area contributed by atoms with Gasteiger partial charge in [0.1, 0.15) is 0 Å². The minimum Gasteiger partial charge on any atom is -0.355 e. The van der Waals surface area contributed by atoms with Crippen LogP contribution in [0.25, 0.3) is 0 Å². The summed E-state index contributed by atoms with van der Waals surface area (Å²) < 4.78 is 23.1. The first-order valence-corrected chi connectivity index (χ1v) is 7.41. The van der Waals surface area contributed by atoms with Crippen molar-refractivity contribution in [3.05, 3.63) is 0 Å². The van der Waals surface area contributed by atoms with Gasteiger partial charge in [0.2, 0.25) is 5.91 Å². The van der Waals surface area contributed by atoms with Crippen LogP contribution in [0.15, 0.2) is 0 Å². The zero-order chi connectivity index (χ0) is 12.2. The molecule has 2 atom stereocenters. The molecule has 1 fully saturated rings. The molecule has 1 rings (SSSR count). The lowest BCUT2D eigenvalue weighted by Crippen LogP contribution is -2.45. The van der Waals surface area contributed by atoms with Crippen molar-refractivity contribution < 1.29 is 13.2 Å². The molecular formula is C10H20N2O3S. The summed E-state index contributed by atoms with van der Waals surface area (Å²) in [5.74, 6) is 0.201. The third-order valence-electron chi connectivity index (χ3n) is 2.86. The quantitative estimate of drug-likeness (QED) is 0.699.